The molecule has 0 saturated heterocycles. The number of ether oxygens (including phenoxy) is 1. The number of nitrogens with one attached hydrogen (secondary N) is 1. The first kappa shape index (κ1) is 19.7. The molecule has 0 aromatic heterocycles. The van der Waals surface area contributed by atoms with Gasteiger partial charge >= 0.3 is 0 Å². The Morgan fingerprint density at radius 2 is 1.65 bits per heavy atom. The molecule has 0 spiro atoms. The summed E-state index contributed by atoms with van der Waals surface area (Å²) in [4.78, 5) is 12.1. The molecule has 0 atom stereocenters. The summed E-state index contributed by atoms with van der Waals surface area (Å²) in [5.41, 5.74) is 6.73. The predicted octanol–water partition coefficient (Wildman–Crippen LogP) is 4.47. The molecule has 26 heavy (non-hydrogen) atoms. The van der Waals surface area contributed by atoms with Crippen molar-refractivity contribution >= 4 is 11.6 Å². The number of hydrazone groups is 1. The molecule has 2 aromatic carbocycles. The first-order chi connectivity index (χ1) is 12.3. The van der Waals surface area contributed by atoms with Crippen molar-refractivity contribution in [3.63, 3.8) is 0 Å². The summed E-state index contributed by atoms with van der Waals surface area (Å²) in [6.45, 7) is 11.0. The molecule has 0 bridgehead atoms. The molecule has 1 N–H and O–H groups in total. The van der Waals surface area contributed by atoms with Crippen LogP contribution in [0.2, 0.25) is 0 Å². The quantitative estimate of drug-likeness (QED) is 0.616. The third-order valence-corrected chi connectivity index (χ3v) is 4.12. The fraction of sp³-hybridized carbons (Fsp3) is 0.364. The SMILES string of the molecule is CCOc1ccc(CC(=O)N/N=C(/C)c2ccc(C(C)(C)C)cc2)cc1. The van der Waals surface area contributed by atoms with E-state index in [0.717, 1.165) is 22.6 Å². The lowest BCUT2D eigenvalue weighted by molar-refractivity contribution is -0.120. The highest BCUT2D eigenvalue weighted by molar-refractivity contribution is 5.99. The number of carbonyl (C=O) groups excluding carboxylic acids is 1. The Bertz CT molecular complexity index is 754. The first-order valence-corrected chi connectivity index (χ1v) is 8.95. The van der Waals surface area contributed by atoms with E-state index in [9.17, 15) is 4.79 Å². The van der Waals surface area contributed by atoms with Gasteiger partial charge in [-0.1, -0.05) is 57.2 Å². The van der Waals surface area contributed by atoms with E-state index in [1.54, 1.807) is 0 Å². The van der Waals surface area contributed by atoms with Crippen molar-refractivity contribution in [2.24, 2.45) is 5.10 Å². The van der Waals surface area contributed by atoms with E-state index in [2.05, 4.69) is 43.4 Å². The highest BCUT2D eigenvalue weighted by atomic mass is 16.5. The smallest absolute Gasteiger partial charge is 0.244 e. The van der Waals surface area contributed by atoms with Gasteiger partial charge in [0.2, 0.25) is 5.91 Å². The lowest BCUT2D eigenvalue weighted by Gasteiger charge is -2.19. The van der Waals surface area contributed by atoms with Crippen LogP contribution < -0.4 is 10.2 Å². The minimum atomic E-state index is -0.139. The zero-order chi connectivity index (χ0) is 19.2. The van der Waals surface area contributed by atoms with Crippen LogP contribution in [-0.2, 0) is 16.6 Å². The van der Waals surface area contributed by atoms with Gasteiger partial charge in [-0.25, -0.2) is 5.43 Å². The summed E-state index contributed by atoms with van der Waals surface area (Å²) in [6, 6.07) is 15.8. The van der Waals surface area contributed by atoms with Crippen molar-refractivity contribution in [1.82, 2.24) is 5.43 Å². The Morgan fingerprint density at radius 3 is 2.19 bits per heavy atom. The average Bonchev–Trinajstić information content (AvgIpc) is 2.61. The molecule has 4 nitrogen and oxygen atoms in total. The van der Waals surface area contributed by atoms with Gasteiger partial charge in [-0.05, 0) is 48.1 Å². The van der Waals surface area contributed by atoms with Crippen molar-refractivity contribution in [2.75, 3.05) is 6.61 Å². The van der Waals surface area contributed by atoms with Crippen LogP contribution in [0.15, 0.2) is 53.6 Å². The van der Waals surface area contributed by atoms with E-state index in [-0.39, 0.29) is 17.7 Å². The topological polar surface area (TPSA) is 50.7 Å². The van der Waals surface area contributed by atoms with Gasteiger partial charge in [0, 0.05) is 0 Å². The normalized spacial score (nSPS) is 12.0. The summed E-state index contributed by atoms with van der Waals surface area (Å²) < 4.78 is 5.40. The third kappa shape index (κ3) is 5.73. The minimum Gasteiger partial charge on any atom is -0.494 e. The van der Waals surface area contributed by atoms with E-state index < -0.39 is 0 Å². The lowest BCUT2D eigenvalue weighted by atomic mass is 9.86. The van der Waals surface area contributed by atoms with Crippen LogP contribution in [0, 0.1) is 0 Å². The lowest BCUT2D eigenvalue weighted by Crippen LogP contribution is -2.21. The van der Waals surface area contributed by atoms with Gasteiger partial charge in [-0.3, -0.25) is 4.79 Å². The number of amides is 1. The average molecular weight is 352 g/mol. The van der Waals surface area contributed by atoms with Crippen LogP contribution >= 0.6 is 0 Å². The molecule has 2 rings (SSSR count). The maximum absolute atomic E-state index is 12.1. The molecule has 2 aromatic rings. The number of rotatable bonds is 6. The van der Waals surface area contributed by atoms with E-state index >= 15 is 0 Å². The molecule has 4 heteroatoms. The fourth-order valence-electron chi connectivity index (χ4n) is 2.52. The highest BCUT2D eigenvalue weighted by Crippen LogP contribution is 2.22. The van der Waals surface area contributed by atoms with Crippen molar-refractivity contribution in [3.05, 3.63) is 65.2 Å². The Morgan fingerprint density at radius 1 is 1.04 bits per heavy atom. The van der Waals surface area contributed by atoms with Gasteiger partial charge in [-0.15, -0.1) is 0 Å². The van der Waals surface area contributed by atoms with Crippen LogP contribution in [0.4, 0.5) is 0 Å². The zero-order valence-electron chi connectivity index (χ0n) is 16.3. The maximum atomic E-state index is 12.1. The Labute approximate surface area is 156 Å². The summed E-state index contributed by atoms with van der Waals surface area (Å²) in [6.07, 6.45) is 0.284. The van der Waals surface area contributed by atoms with Crippen LogP contribution in [0.25, 0.3) is 0 Å². The molecule has 0 unspecified atom stereocenters. The Balaban J connectivity index is 1.94. The van der Waals surface area contributed by atoms with Crippen LogP contribution in [-0.4, -0.2) is 18.2 Å². The number of hydrogen-bond acceptors (Lipinski definition) is 3. The van der Waals surface area contributed by atoms with Gasteiger partial charge in [0.25, 0.3) is 0 Å². The van der Waals surface area contributed by atoms with Crippen molar-refractivity contribution in [3.8, 4) is 5.75 Å². The number of benzene rings is 2. The van der Waals surface area contributed by atoms with E-state index in [4.69, 9.17) is 4.74 Å². The zero-order valence-corrected chi connectivity index (χ0v) is 16.3. The van der Waals surface area contributed by atoms with Crippen molar-refractivity contribution in [1.29, 1.82) is 0 Å². The summed E-state index contributed by atoms with van der Waals surface area (Å²) in [7, 11) is 0. The second-order valence-corrected chi connectivity index (χ2v) is 7.31. The number of carbonyl (C=O) groups is 1. The number of hydrogen-bond donors (Lipinski definition) is 1. The summed E-state index contributed by atoms with van der Waals surface area (Å²) in [5.74, 6) is 0.670. The number of nitrogens with zero attached hydrogens (tertiary/aromatic N) is 1. The van der Waals surface area contributed by atoms with Gasteiger partial charge in [0.15, 0.2) is 0 Å². The van der Waals surface area contributed by atoms with Crippen molar-refractivity contribution in [2.45, 2.75) is 46.5 Å². The molecule has 0 aliphatic heterocycles. The van der Waals surface area contributed by atoms with Gasteiger partial charge in [0.05, 0.1) is 18.7 Å². The molecule has 138 valence electrons. The molecule has 0 heterocycles. The molecule has 0 radical (unpaired) electrons. The van der Waals surface area contributed by atoms with Gasteiger partial charge < -0.3 is 4.74 Å². The van der Waals surface area contributed by atoms with E-state index in [1.165, 1.54) is 5.56 Å². The van der Waals surface area contributed by atoms with Gasteiger partial charge in [0.1, 0.15) is 5.75 Å². The molecule has 0 aliphatic carbocycles. The molecule has 0 saturated carbocycles. The molecule has 1 amide bonds. The fourth-order valence-corrected chi connectivity index (χ4v) is 2.52. The maximum Gasteiger partial charge on any atom is 0.244 e. The minimum absolute atomic E-state index is 0.121. The third-order valence-electron chi connectivity index (χ3n) is 4.12. The summed E-state index contributed by atoms with van der Waals surface area (Å²) >= 11 is 0. The molecule has 0 aliphatic rings. The van der Waals surface area contributed by atoms with Gasteiger partial charge in [-0.2, -0.15) is 5.10 Å². The van der Waals surface area contributed by atoms with E-state index in [0.29, 0.717) is 6.61 Å². The predicted molar refractivity (Wildman–Crippen MR) is 107 cm³/mol. The Kier molecular flexibility index (Phi) is 6.56. The summed E-state index contributed by atoms with van der Waals surface area (Å²) in [5, 5.41) is 4.22. The molecular weight excluding hydrogens is 324 g/mol. The second kappa shape index (κ2) is 8.65. The van der Waals surface area contributed by atoms with Crippen LogP contribution in [0.3, 0.4) is 0 Å². The monoisotopic (exact) mass is 352 g/mol. The van der Waals surface area contributed by atoms with Crippen molar-refractivity contribution < 1.29 is 9.53 Å². The molecular formula is C22H28N2O2. The Hall–Kier alpha value is -2.62. The van der Waals surface area contributed by atoms with Crippen LogP contribution in [0.5, 0.6) is 5.75 Å². The second-order valence-electron chi connectivity index (χ2n) is 7.31. The first-order valence-electron chi connectivity index (χ1n) is 8.95. The van der Waals surface area contributed by atoms with Crippen LogP contribution in [0.1, 0.15) is 51.3 Å². The molecule has 0 fully saturated rings. The highest BCUT2D eigenvalue weighted by Gasteiger charge is 2.13. The van der Waals surface area contributed by atoms with E-state index in [1.807, 2.05) is 50.2 Å². The standard InChI is InChI=1S/C22H28N2O2/c1-6-26-20-13-7-17(8-14-20)15-21(25)24-23-16(2)18-9-11-19(12-10-18)22(3,4)5/h7-14H,6,15H2,1-5H3,(H,24,25)/b23-16-. The largest absolute Gasteiger partial charge is 0.494 e.